The van der Waals surface area contributed by atoms with Crippen LogP contribution in [0.3, 0.4) is 0 Å². The van der Waals surface area contributed by atoms with E-state index in [1.54, 1.807) is 14.2 Å². The zero-order valence-corrected chi connectivity index (χ0v) is 15.4. The van der Waals surface area contributed by atoms with Crippen LogP contribution in [0.2, 0.25) is 0 Å². The van der Waals surface area contributed by atoms with E-state index in [1.165, 1.54) is 0 Å². The standard InChI is InChI=1S/C19H31NO4/c1-5-8-20-9-7-16(21)15(13-20)10-14-11-17(22-3)19(24-6-2)18(12-14)23-4/h11-12,15-16,21H,5-10,13H2,1-4H3. The van der Waals surface area contributed by atoms with Gasteiger partial charge in [-0.05, 0) is 50.4 Å². The van der Waals surface area contributed by atoms with Crippen LogP contribution in [0.5, 0.6) is 17.2 Å². The van der Waals surface area contributed by atoms with Gasteiger partial charge in [0.15, 0.2) is 11.5 Å². The smallest absolute Gasteiger partial charge is 0.203 e. The Morgan fingerprint density at radius 1 is 1.17 bits per heavy atom. The van der Waals surface area contributed by atoms with Crippen molar-refractivity contribution in [1.29, 1.82) is 0 Å². The Bertz CT molecular complexity index is 495. The monoisotopic (exact) mass is 337 g/mol. The first kappa shape index (κ1) is 18.9. The minimum absolute atomic E-state index is 0.234. The third kappa shape index (κ3) is 4.54. The van der Waals surface area contributed by atoms with Gasteiger partial charge in [-0.15, -0.1) is 0 Å². The molecule has 2 rings (SSSR count). The highest BCUT2D eigenvalue weighted by molar-refractivity contribution is 5.54. The fourth-order valence-electron chi connectivity index (χ4n) is 3.46. The van der Waals surface area contributed by atoms with E-state index >= 15 is 0 Å². The van der Waals surface area contributed by atoms with Crippen LogP contribution in [0.1, 0.15) is 32.3 Å². The average molecular weight is 337 g/mol. The van der Waals surface area contributed by atoms with Crippen molar-refractivity contribution >= 4 is 0 Å². The van der Waals surface area contributed by atoms with Crippen LogP contribution in [0.25, 0.3) is 0 Å². The summed E-state index contributed by atoms with van der Waals surface area (Å²) in [4.78, 5) is 2.44. The topological polar surface area (TPSA) is 51.2 Å². The molecule has 0 saturated carbocycles. The number of rotatable bonds is 8. The summed E-state index contributed by atoms with van der Waals surface area (Å²) in [6, 6.07) is 4.00. The highest BCUT2D eigenvalue weighted by Gasteiger charge is 2.28. The van der Waals surface area contributed by atoms with Gasteiger partial charge in [-0.3, -0.25) is 0 Å². The molecule has 0 bridgehead atoms. The number of aliphatic hydroxyl groups excluding tert-OH is 1. The number of likely N-dealkylation sites (tertiary alicyclic amines) is 1. The molecule has 1 aliphatic heterocycles. The largest absolute Gasteiger partial charge is 0.493 e. The maximum Gasteiger partial charge on any atom is 0.203 e. The Morgan fingerprint density at radius 2 is 1.83 bits per heavy atom. The van der Waals surface area contributed by atoms with Crippen molar-refractivity contribution < 1.29 is 19.3 Å². The lowest BCUT2D eigenvalue weighted by Gasteiger charge is -2.36. The molecule has 1 heterocycles. The molecule has 0 amide bonds. The molecule has 1 fully saturated rings. The van der Waals surface area contributed by atoms with Crippen LogP contribution >= 0.6 is 0 Å². The molecule has 0 radical (unpaired) electrons. The summed E-state index contributed by atoms with van der Waals surface area (Å²) in [7, 11) is 3.28. The van der Waals surface area contributed by atoms with Crippen LogP contribution in [0.4, 0.5) is 0 Å². The molecule has 2 atom stereocenters. The normalized spacial score (nSPS) is 21.5. The first-order chi connectivity index (χ1) is 11.6. The maximum atomic E-state index is 10.4. The predicted octanol–water partition coefficient (Wildman–Crippen LogP) is 2.74. The van der Waals surface area contributed by atoms with Gasteiger partial charge in [-0.2, -0.15) is 0 Å². The minimum atomic E-state index is -0.248. The predicted molar refractivity (Wildman–Crippen MR) is 95.3 cm³/mol. The van der Waals surface area contributed by atoms with Gasteiger partial charge in [-0.1, -0.05) is 6.92 Å². The first-order valence-electron chi connectivity index (χ1n) is 8.90. The van der Waals surface area contributed by atoms with Gasteiger partial charge in [0.1, 0.15) is 0 Å². The van der Waals surface area contributed by atoms with E-state index in [2.05, 4.69) is 11.8 Å². The lowest BCUT2D eigenvalue weighted by atomic mass is 9.88. The third-order valence-corrected chi connectivity index (χ3v) is 4.62. The number of ether oxygens (including phenoxy) is 3. The Morgan fingerprint density at radius 3 is 2.38 bits per heavy atom. The third-order valence-electron chi connectivity index (χ3n) is 4.62. The summed E-state index contributed by atoms with van der Waals surface area (Å²) in [6.45, 7) is 7.71. The minimum Gasteiger partial charge on any atom is -0.493 e. The fourth-order valence-corrected chi connectivity index (χ4v) is 3.46. The molecule has 5 nitrogen and oxygen atoms in total. The van der Waals surface area contributed by atoms with Crippen molar-refractivity contribution in [2.45, 2.75) is 39.2 Å². The Kier molecular flexibility index (Phi) is 7.18. The second kappa shape index (κ2) is 9.14. The van der Waals surface area contributed by atoms with Crippen molar-refractivity contribution in [2.75, 3.05) is 40.5 Å². The summed E-state index contributed by atoms with van der Waals surface area (Å²) in [5.41, 5.74) is 1.11. The number of nitrogens with zero attached hydrogens (tertiary/aromatic N) is 1. The van der Waals surface area contributed by atoms with Gasteiger partial charge in [-0.25, -0.2) is 0 Å². The van der Waals surface area contributed by atoms with Crippen molar-refractivity contribution in [1.82, 2.24) is 4.90 Å². The summed E-state index contributed by atoms with van der Waals surface area (Å²) in [5, 5.41) is 10.4. The van der Waals surface area contributed by atoms with Crippen LogP contribution < -0.4 is 14.2 Å². The van der Waals surface area contributed by atoms with Gasteiger partial charge in [0.05, 0.1) is 26.9 Å². The lowest BCUT2D eigenvalue weighted by molar-refractivity contribution is 0.0270. The summed E-state index contributed by atoms with van der Waals surface area (Å²) in [5.74, 6) is 2.24. The second-order valence-electron chi connectivity index (χ2n) is 6.38. The molecule has 1 N–H and O–H groups in total. The van der Waals surface area contributed by atoms with E-state index in [1.807, 2.05) is 19.1 Å². The zero-order chi connectivity index (χ0) is 17.5. The van der Waals surface area contributed by atoms with Gasteiger partial charge in [0, 0.05) is 19.0 Å². The number of methoxy groups -OCH3 is 2. The van der Waals surface area contributed by atoms with Crippen LogP contribution in [0, 0.1) is 5.92 Å². The lowest BCUT2D eigenvalue weighted by Crippen LogP contribution is -2.44. The molecule has 0 aliphatic carbocycles. The fraction of sp³-hybridized carbons (Fsp3) is 0.684. The van der Waals surface area contributed by atoms with Gasteiger partial charge in [0.2, 0.25) is 5.75 Å². The molecule has 5 heteroatoms. The molecule has 24 heavy (non-hydrogen) atoms. The molecular formula is C19H31NO4. The highest BCUT2D eigenvalue weighted by atomic mass is 16.5. The molecule has 2 unspecified atom stereocenters. The number of hydrogen-bond donors (Lipinski definition) is 1. The van der Waals surface area contributed by atoms with E-state index < -0.39 is 0 Å². The van der Waals surface area contributed by atoms with Crippen LogP contribution in [0.15, 0.2) is 12.1 Å². The van der Waals surface area contributed by atoms with Crippen molar-refractivity contribution in [3.05, 3.63) is 17.7 Å². The van der Waals surface area contributed by atoms with Gasteiger partial charge >= 0.3 is 0 Å². The van der Waals surface area contributed by atoms with E-state index in [-0.39, 0.29) is 12.0 Å². The molecule has 1 aliphatic rings. The van der Waals surface area contributed by atoms with Crippen LogP contribution in [-0.2, 0) is 6.42 Å². The van der Waals surface area contributed by atoms with Crippen LogP contribution in [-0.4, -0.2) is 56.6 Å². The summed E-state index contributed by atoms with van der Waals surface area (Å²) >= 11 is 0. The molecular weight excluding hydrogens is 306 g/mol. The molecule has 0 aromatic heterocycles. The Hall–Kier alpha value is -1.46. The number of aliphatic hydroxyl groups is 1. The number of benzene rings is 1. The molecule has 1 aromatic rings. The molecule has 1 saturated heterocycles. The SMILES string of the molecule is CCCN1CCC(O)C(Cc2cc(OC)c(OCC)c(OC)c2)C1. The summed E-state index contributed by atoms with van der Waals surface area (Å²) in [6.07, 6.45) is 2.55. The molecule has 0 spiro atoms. The van der Waals surface area contributed by atoms with E-state index in [9.17, 15) is 5.11 Å². The van der Waals surface area contributed by atoms with Crippen molar-refractivity contribution in [3.8, 4) is 17.2 Å². The number of hydrogen-bond acceptors (Lipinski definition) is 5. The van der Waals surface area contributed by atoms with E-state index in [0.29, 0.717) is 23.9 Å². The van der Waals surface area contributed by atoms with Crippen molar-refractivity contribution in [2.24, 2.45) is 5.92 Å². The maximum absolute atomic E-state index is 10.4. The number of piperidine rings is 1. The average Bonchev–Trinajstić information content (AvgIpc) is 2.59. The Balaban J connectivity index is 2.18. The second-order valence-corrected chi connectivity index (χ2v) is 6.38. The quantitative estimate of drug-likeness (QED) is 0.790. The summed E-state index contributed by atoms with van der Waals surface area (Å²) < 4.78 is 16.6. The first-order valence-corrected chi connectivity index (χ1v) is 8.90. The van der Waals surface area contributed by atoms with Crippen molar-refractivity contribution in [3.63, 3.8) is 0 Å². The zero-order valence-electron chi connectivity index (χ0n) is 15.4. The molecule has 1 aromatic carbocycles. The van der Waals surface area contributed by atoms with E-state index in [0.717, 1.165) is 44.5 Å². The highest BCUT2D eigenvalue weighted by Crippen LogP contribution is 2.39. The Labute approximate surface area is 145 Å². The van der Waals surface area contributed by atoms with E-state index in [4.69, 9.17) is 14.2 Å². The van der Waals surface area contributed by atoms with Gasteiger partial charge < -0.3 is 24.2 Å². The van der Waals surface area contributed by atoms with Gasteiger partial charge in [0.25, 0.3) is 0 Å². The molecule has 136 valence electrons.